The molecule has 3 rings (SSSR count). The quantitative estimate of drug-likeness (QED) is 0.651. The van der Waals surface area contributed by atoms with Crippen LogP contribution >= 0.6 is 0 Å². The number of anilines is 2. The fourth-order valence-electron chi connectivity index (χ4n) is 3.53. The van der Waals surface area contributed by atoms with Crippen LogP contribution in [0.5, 0.6) is 0 Å². The number of allylic oxidation sites excluding steroid dienone is 1. The van der Waals surface area contributed by atoms with Gasteiger partial charge in [-0.2, -0.15) is 13.2 Å². The van der Waals surface area contributed by atoms with Crippen molar-refractivity contribution in [1.29, 1.82) is 0 Å². The molecule has 1 aliphatic heterocycles. The molecule has 8 heteroatoms. The molecule has 2 atom stereocenters. The first kappa shape index (κ1) is 21.4. The lowest BCUT2D eigenvalue weighted by molar-refractivity contribution is -0.0688. The maximum Gasteiger partial charge on any atom is 0.417 e. The summed E-state index contributed by atoms with van der Waals surface area (Å²) in [6.07, 6.45) is -4.24. The second-order valence-electron chi connectivity index (χ2n) is 7.48. The highest BCUT2D eigenvalue weighted by Crippen LogP contribution is 2.38. The lowest BCUT2D eigenvalue weighted by Crippen LogP contribution is -2.46. The maximum atomic E-state index is 14.5. The third kappa shape index (κ3) is 4.80. The third-order valence-electron chi connectivity index (χ3n) is 5.14. The number of hydrogen-bond donors (Lipinski definition) is 2. The number of hydrogen-bond acceptors (Lipinski definition) is 4. The first-order valence-electron chi connectivity index (χ1n) is 9.74. The van der Waals surface area contributed by atoms with Crippen molar-refractivity contribution in [3.63, 3.8) is 0 Å². The first-order chi connectivity index (χ1) is 13.7. The highest BCUT2D eigenvalue weighted by atomic mass is 19.4. The summed E-state index contributed by atoms with van der Waals surface area (Å²) in [5, 5.41) is 7.16. The van der Waals surface area contributed by atoms with Crippen LogP contribution in [-0.2, 0) is 0 Å². The fraction of sp³-hybridized carbons (Fsp3) is 0.476. The van der Waals surface area contributed by atoms with Crippen LogP contribution in [-0.4, -0.2) is 55.0 Å². The molecule has 1 aliphatic rings. The van der Waals surface area contributed by atoms with Gasteiger partial charge in [0.25, 0.3) is 0 Å². The predicted molar refractivity (Wildman–Crippen MR) is 110 cm³/mol. The molecular formula is C21H26F4N4. The highest BCUT2D eigenvalue weighted by molar-refractivity contribution is 6.01. The van der Waals surface area contributed by atoms with Gasteiger partial charge in [0.15, 0.2) is 0 Å². The maximum absolute atomic E-state index is 14.5. The molecular weight excluding hydrogens is 384 g/mol. The molecule has 1 fully saturated rings. The number of pyridine rings is 1. The third-order valence-corrected chi connectivity index (χ3v) is 5.14. The van der Waals surface area contributed by atoms with Gasteiger partial charge in [-0.05, 0) is 32.0 Å². The van der Waals surface area contributed by atoms with Crippen LogP contribution in [0.2, 0.25) is 0 Å². The Morgan fingerprint density at radius 1 is 1.31 bits per heavy atom. The Morgan fingerprint density at radius 2 is 2.07 bits per heavy atom. The van der Waals surface area contributed by atoms with Crippen molar-refractivity contribution in [2.24, 2.45) is 0 Å². The van der Waals surface area contributed by atoms with E-state index < -0.39 is 24.0 Å². The zero-order valence-corrected chi connectivity index (χ0v) is 16.6. The molecule has 1 aromatic heterocycles. The Balaban J connectivity index is 2.06. The minimum atomic E-state index is -4.59. The fourth-order valence-corrected chi connectivity index (χ4v) is 3.53. The summed E-state index contributed by atoms with van der Waals surface area (Å²) in [6, 6.07) is 6.32. The summed E-state index contributed by atoms with van der Waals surface area (Å²) in [4.78, 5) is 6.10. The van der Waals surface area contributed by atoms with Crippen LogP contribution in [0.4, 0.5) is 29.1 Å². The van der Waals surface area contributed by atoms with Crippen LogP contribution in [0.3, 0.4) is 0 Å². The van der Waals surface area contributed by atoms with Crippen LogP contribution < -0.4 is 10.6 Å². The Bertz CT molecular complexity index is 881. The van der Waals surface area contributed by atoms with E-state index in [-0.39, 0.29) is 5.69 Å². The highest BCUT2D eigenvalue weighted by Gasteiger charge is 2.35. The van der Waals surface area contributed by atoms with E-state index in [1.807, 2.05) is 18.9 Å². The summed E-state index contributed by atoms with van der Waals surface area (Å²) in [5.74, 6) is 0.342. The molecule has 4 nitrogen and oxygen atoms in total. The van der Waals surface area contributed by atoms with Gasteiger partial charge in [0.2, 0.25) is 0 Å². The van der Waals surface area contributed by atoms with Gasteiger partial charge in [-0.1, -0.05) is 25.6 Å². The Kier molecular flexibility index (Phi) is 6.31. The SMILES string of the molecule is C=C(c1nc(NCCC)cc2c(N[C@@H]3CCN(C)C[C@@H]3F)cccc12)C(F)(F)F. The van der Waals surface area contributed by atoms with Crippen molar-refractivity contribution >= 4 is 27.9 Å². The zero-order chi connectivity index (χ0) is 21.2. The van der Waals surface area contributed by atoms with Crippen molar-refractivity contribution in [1.82, 2.24) is 9.88 Å². The lowest BCUT2D eigenvalue weighted by atomic mass is 10.00. The smallest absolute Gasteiger partial charge is 0.379 e. The number of likely N-dealkylation sites (tertiary alicyclic amines) is 1. The van der Waals surface area contributed by atoms with E-state index in [1.165, 1.54) is 0 Å². The molecule has 0 amide bonds. The first-order valence-corrected chi connectivity index (χ1v) is 9.74. The second kappa shape index (κ2) is 8.57. The Hall–Kier alpha value is -2.35. The van der Waals surface area contributed by atoms with E-state index in [4.69, 9.17) is 0 Å². The normalized spacial score (nSPS) is 20.6. The molecule has 0 aliphatic carbocycles. The average molecular weight is 410 g/mol. The van der Waals surface area contributed by atoms with Crippen LogP contribution in [0.25, 0.3) is 16.3 Å². The van der Waals surface area contributed by atoms with Gasteiger partial charge in [-0.25, -0.2) is 9.37 Å². The minimum absolute atomic E-state index is 0.211. The zero-order valence-electron chi connectivity index (χ0n) is 16.6. The molecule has 1 aromatic carbocycles. The summed E-state index contributed by atoms with van der Waals surface area (Å²) in [6.45, 7) is 6.84. The molecule has 0 saturated carbocycles. The van der Waals surface area contributed by atoms with Crippen LogP contribution in [0.1, 0.15) is 25.5 Å². The van der Waals surface area contributed by atoms with Crippen molar-refractivity contribution in [2.45, 2.75) is 38.2 Å². The second-order valence-corrected chi connectivity index (χ2v) is 7.48. The molecule has 158 valence electrons. The van der Waals surface area contributed by atoms with E-state index in [0.29, 0.717) is 41.8 Å². The van der Waals surface area contributed by atoms with E-state index in [0.717, 1.165) is 13.0 Å². The summed E-state index contributed by atoms with van der Waals surface area (Å²) in [5.41, 5.74) is -0.613. The predicted octanol–water partition coefficient (Wildman–Crippen LogP) is 5.09. The number of alkyl halides is 4. The molecule has 1 saturated heterocycles. The number of halogens is 4. The number of benzene rings is 1. The number of fused-ring (bicyclic) bond motifs is 1. The van der Waals surface area contributed by atoms with Crippen molar-refractivity contribution < 1.29 is 17.6 Å². The van der Waals surface area contributed by atoms with Gasteiger partial charge in [-0.3, -0.25) is 0 Å². The number of aromatic nitrogens is 1. The topological polar surface area (TPSA) is 40.2 Å². The van der Waals surface area contributed by atoms with Crippen molar-refractivity contribution in [3.05, 3.63) is 36.5 Å². The average Bonchev–Trinajstić information content (AvgIpc) is 2.67. The lowest BCUT2D eigenvalue weighted by Gasteiger charge is -2.33. The number of rotatable bonds is 6. The Labute approximate surface area is 168 Å². The molecule has 0 radical (unpaired) electrons. The number of piperidine rings is 1. The van der Waals surface area contributed by atoms with Gasteiger partial charge >= 0.3 is 6.18 Å². The van der Waals surface area contributed by atoms with Gasteiger partial charge in [0.1, 0.15) is 12.0 Å². The number of nitrogens with zero attached hydrogens (tertiary/aromatic N) is 2. The monoisotopic (exact) mass is 410 g/mol. The minimum Gasteiger partial charge on any atom is -0.379 e. The van der Waals surface area contributed by atoms with E-state index in [2.05, 4.69) is 22.2 Å². The van der Waals surface area contributed by atoms with E-state index >= 15 is 0 Å². The Morgan fingerprint density at radius 3 is 2.72 bits per heavy atom. The van der Waals surface area contributed by atoms with Crippen LogP contribution in [0, 0.1) is 0 Å². The molecule has 0 bridgehead atoms. The molecule has 2 N–H and O–H groups in total. The van der Waals surface area contributed by atoms with Gasteiger partial charge in [0.05, 0.1) is 17.3 Å². The molecule has 2 aromatic rings. The van der Waals surface area contributed by atoms with Crippen molar-refractivity contribution in [2.75, 3.05) is 37.3 Å². The summed E-state index contributed by atoms with van der Waals surface area (Å²) < 4.78 is 54.6. The summed E-state index contributed by atoms with van der Waals surface area (Å²) in [7, 11) is 1.87. The van der Waals surface area contributed by atoms with Gasteiger partial charge < -0.3 is 15.5 Å². The van der Waals surface area contributed by atoms with Gasteiger partial charge in [0, 0.05) is 36.1 Å². The molecule has 0 unspecified atom stereocenters. The molecule has 2 heterocycles. The largest absolute Gasteiger partial charge is 0.417 e. The van der Waals surface area contributed by atoms with E-state index in [1.54, 1.807) is 24.3 Å². The standard InChI is InChI=1S/C21H26F4N4/c1-4-9-26-19-11-15-14(20(28-19)13(2)21(23,24)25)6-5-7-17(15)27-18-8-10-29(3)12-16(18)22/h5-7,11,16,18,27H,2,4,8-10,12H2,1,3H3,(H,26,28)/t16-,18+/m0/s1. The van der Waals surface area contributed by atoms with Gasteiger partial charge in [-0.15, -0.1) is 0 Å². The van der Waals surface area contributed by atoms with E-state index in [9.17, 15) is 17.6 Å². The molecule has 0 spiro atoms. The summed E-state index contributed by atoms with van der Waals surface area (Å²) >= 11 is 0. The van der Waals surface area contributed by atoms with Crippen LogP contribution in [0.15, 0.2) is 30.8 Å². The van der Waals surface area contributed by atoms with Crippen molar-refractivity contribution in [3.8, 4) is 0 Å². The molecule has 29 heavy (non-hydrogen) atoms. The number of nitrogens with one attached hydrogen (secondary N) is 2.